The number of hydrogen-bond acceptors (Lipinski definition) is 4. The number of aromatic nitrogens is 1. The molecule has 3 aromatic rings. The Morgan fingerprint density at radius 1 is 1.06 bits per heavy atom. The number of nitriles is 1. The molecule has 0 saturated heterocycles. The number of anilines is 1. The van der Waals surface area contributed by atoms with E-state index in [-0.39, 0.29) is 17.0 Å². The zero-order valence-corrected chi connectivity index (χ0v) is 18.2. The van der Waals surface area contributed by atoms with Crippen molar-refractivity contribution in [3.63, 3.8) is 0 Å². The van der Waals surface area contributed by atoms with Crippen molar-refractivity contribution in [1.82, 2.24) is 4.57 Å². The highest BCUT2D eigenvalue weighted by Gasteiger charge is 2.44. The number of carbonyl (C=O) groups excluding carboxylic acids is 1. The van der Waals surface area contributed by atoms with Crippen LogP contribution in [0.25, 0.3) is 5.82 Å². The number of rotatable bonds is 3. The number of benzene rings is 1. The van der Waals surface area contributed by atoms with Crippen molar-refractivity contribution in [3.8, 4) is 6.07 Å². The van der Waals surface area contributed by atoms with Crippen molar-refractivity contribution in [2.24, 2.45) is 0 Å². The van der Waals surface area contributed by atoms with Crippen LogP contribution in [0.15, 0.2) is 82.5 Å². The fourth-order valence-electron chi connectivity index (χ4n) is 4.71. The summed E-state index contributed by atoms with van der Waals surface area (Å²) in [6.45, 7) is 0. The Hall–Kier alpha value is -3.57. The predicted octanol–water partition coefficient (Wildman–Crippen LogP) is 6.57. The second kappa shape index (κ2) is 8.09. The number of nitrogens with zero attached hydrogens (tertiary/aromatic N) is 3. The maximum absolute atomic E-state index is 14.1. The topological polar surface area (TPSA) is 49.0 Å². The molecule has 0 unspecified atom stereocenters. The van der Waals surface area contributed by atoms with Gasteiger partial charge in [0.2, 0.25) is 0 Å². The third-order valence-corrected chi connectivity index (χ3v) is 6.73. The van der Waals surface area contributed by atoms with Crippen LogP contribution in [0.3, 0.4) is 0 Å². The van der Waals surface area contributed by atoms with Crippen LogP contribution in [0.4, 0.5) is 18.9 Å². The molecule has 2 aromatic heterocycles. The quantitative estimate of drug-likeness (QED) is 0.440. The highest BCUT2D eigenvalue weighted by molar-refractivity contribution is 7.08. The first kappa shape index (κ1) is 21.3. The van der Waals surface area contributed by atoms with Crippen LogP contribution in [0, 0.1) is 11.3 Å². The van der Waals surface area contributed by atoms with Gasteiger partial charge in [-0.3, -0.25) is 9.69 Å². The zero-order valence-electron chi connectivity index (χ0n) is 17.3. The molecule has 0 amide bonds. The van der Waals surface area contributed by atoms with E-state index >= 15 is 0 Å². The van der Waals surface area contributed by atoms with Crippen molar-refractivity contribution in [3.05, 3.63) is 93.6 Å². The summed E-state index contributed by atoms with van der Waals surface area (Å²) in [5.74, 6) is -0.416. The Balaban J connectivity index is 1.88. The minimum absolute atomic E-state index is 0.0904. The van der Waals surface area contributed by atoms with E-state index in [2.05, 4.69) is 6.07 Å². The molecule has 1 aromatic carbocycles. The van der Waals surface area contributed by atoms with Gasteiger partial charge in [-0.1, -0.05) is 12.1 Å². The van der Waals surface area contributed by atoms with Gasteiger partial charge in [0.15, 0.2) is 5.78 Å². The van der Waals surface area contributed by atoms with Gasteiger partial charge in [0.05, 0.1) is 28.8 Å². The minimum atomic E-state index is -4.60. The highest BCUT2D eigenvalue weighted by atomic mass is 32.1. The van der Waals surface area contributed by atoms with Gasteiger partial charge in [0.25, 0.3) is 0 Å². The number of ketones is 1. The number of para-hydroxylation sites is 1. The molecular weight excluding hydrogens is 447 g/mol. The number of thiophene rings is 1. The van der Waals surface area contributed by atoms with Crippen molar-refractivity contribution >= 4 is 28.6 Å². The summed E-state index contributed by atoms with van der Waals surface area (Å²) < 4.78 is 43.8. The molecule has 1 atom stereocenters. The van der Waals surface area contributed by atoms with E-state index in [0.717, 1.165) is 11.6 Å². The molecule has 166 valence electrons. The largest absolute Gasteiger partial charge is 0.418 e. The Morgan fingerprint density at radius 2 is 1.82 bits per heavy atom. The first-order chi connectivity index (χ1) is 15.9. The van der Waals surface area contributed by atoms with Gasteiger partial charge >= 0.3 is 6.18 Å². The summed E-state index contributed by atoms with van der Waals surface area (Å²) in [5.41, 5.74) is 1.09. The summed E-state index contributed by atoms with van der Waals surface area (Å²) in [7, 11) is 0. The SMILES string of the molecule is N#CC1=C(n2cccc2)N(c2ccccc2C(F)(F)F)C2=C(C(=O)CCC2)[C@@H]1c1ccsc1. The maximum Gasteiger partial charge on any atom is 0.418 e. The summed E-state index contributed by atoms with van der Waals surface area (Å²) in [6.07, 6.45) is 0.102. The second-order valence-electron chi connectivity index (χ2n) is 7.92. The number of carbonyl (C=O) groups is 1. The van der Waals surface area contributed by atoms with Crippen LogP contribution in [0.1, 0.15) is 36.3 Å². The fraction of sp³-hybridized carbons (Fsp3) is 0.200. The molecule has 1 aliphatic heterocycles. The van der Waals surface area contributed by atoms with Crippen molar-refractivity contribution in [2.45, 2.75) is 31.4 Å². The molecule has 1 aliphatic carbocycles. The number of alkyl halides is 3. The molecule has 8 heteroatoms. The van der Waals surface area contributed by atoms with E-state index < -0.39 is 17.7 Å². The van der Waals surface area contributed by atoms with E-state index in [1.54, 1.807) is 35.2 Å². The van der Waals surface area contributed by atoms with E-state index in [1.165, 1.54) is 28.4 Å². The third kappa shape index (κ3) is 3.49. The molecule has 0 fully saturated rings. The average Bonchev–Trinajstić information content (AvgIpc) is 3.51. The van der Waals surface area contributed by atoms with Crippen molar-refractivity contribution in [2.75, 3.05) is 4.90 Å². The number of hydrogen-bond donors (Lipinski definition) is 0. The summed E-state index contributed by atoms with van der Waals surface area (Å²) in [6, 6.07) is 12.9. The molecule has 4 nitrogen and oxygen atoms in total. The lowest BCUT2D eigenvalue weighted by atomic mass is 9.76. The predicted molar refractivity (Wildman–Crippen MR) is 120 cm³/mol. The summed E-state index contributed by atoms with van der Waals surface area (Å²) in [4.78, 5) is 14.7. The van der Waals surface area contributed by atoms with E-state index in [1.807, 2.05) is 16.8 Å². The Bertz CT molecular complexity index is 1310. The van der Waals surface area contributed by atoms with Crippen LogP contribution < -0.4 is 4.90 Å². The highest BCUT2D eigenvalue weighted by Crippen LogP contribution is 2.50. The fourth-order valence-corrected chi connectivity index (χ4v) is 5.40. The second-order valence-corrected chi connectivity index (χ2v) is 8.70. The van der Waals surface area contributed by atoms with Gasteiger partial charge in [0, 0.05) is 30.1 Å². The first-order valence-corrected chi connectivity index (χ1v) is 11.4. The van der Waals surface area contributed by atoms with Gasteiger partial charge in [-0.25, -0.2) is 0 Å². The van der Waals surface area contributed by atoms with E-state index in [0.29, 0.717) is 36.4 Å². The Morgan fingerprint density at radius 3 is 2.48 bits per heavy atom. The molecule has 0 saturated carbocycles. The molecule has 33 heavy (non-hydrogen) atoms. The van der Waals surface area contributed by atoms with Gasteiger partial charge in [-0.05, 0) is 59.5 Å². The number of Topliss-reactive ketones (excluding diaryl/α,β-unsaturated/α-hetero) is 1. The standard InChI is InChI=1S/C25H18F3N3OS/c26-25(27,28)18-6-1-2-7-19(18)31-20-8-5-9-21(32)23(20)22(16-10-13-33-15-16)17(14-29)24(31)30-11-3-4-12-30/h1-4,6-7,10-13,15,22H,5,8-9H2/t22-/m1/s1. The van der Waals surface area contributed by atoms with Crippen LogP contribution in [0.2, 0.25) is 0 Å². The Labute approximate surface area is 192 Å². The van der Waals surface area contributed by atoms with E-state index in [4.69, 9.17) is 0 Å². The third-order valence-electron chi connectivity index (χ3n) is 6.03. The van der Waals surface area contributed by atoms with Gasteiger partial charge in [-0.15, -0.1) is 0 Å². The summed E-state index contributed by atoms with van der Waals surface area (Å²) >= 11 is 1.45. The lowest BCUT2D eigenvalue weighted by Crippen LogP contribution is -2.37. The molecule has 0 N–H and O–H groups in total. The number of halogens is 3. The Kier molecular flexibility index (Phi) is 5.22. The van der Waals surface area contributed by atoms with Crippen LogP contribution in [-0.2, 0) is 11.0 Å². The van der Waals surface area contributed by atoms with E-state index in [9.17, 15) is 23.2 Å². The van der Waals surface area contributed by atoms with Gasteiger partial charge < -0.3 is 4.57 Å². The first-order valence-electron chi connectivity index (χ1n) is 10.4. The lowest BCUT2D eigenvalue weighted by molar-refractivity contribution is -0.137. The normalized spacial score (nSPS) is 19.0. The minimum Gasteiger partial charge on any atom is -0.309 e. The molecule has 0 bridgehead atoms. The van der Waals surface area contributed by atoms with Crippen molar-refractivity contribution < 1.29 is 18.0 Å². The molecule has 0 radical (unpaired) electrons. The van der Waals surface area contributed by atoms with Crippen molar-refractivity contribution in [1.29, 1.82) is 5.26 Å². The smallest absolute Gasteiger partial charge is 0.309 e. The number of allylic oxidation sites excluding steroid dienone is 3. The maximum atomic E-state index is 14.1. The van der Waals surface area contributed by atoms with Crippen LogP contribution >= 0.6 is 11.3 Å². The monoisotopic (exact) mass is 465 g/mol. The van der Waals surface area contributed by atoms with Gasteiger partial charge in [-0.2, -0.15) is 29.8 Å². The average molecular weight is 466 g/mol. The molecular formula is C25H18F3N3OS. The summed E-state index contributed by atoms with van der Waals surface area (Å²) in [5, 5.41) is 14.1. The van der Waals surface area contributed by atoms with Gasteiger partial charge in [0.1, 0.15) is 5.82 Å². The molecule has 2 aliphatic rings. The zero-order chi connectivity index (χ0) is 23.2. The van der Waals surface area contributed by atoms with Crippen LogP contribution in [0.5, 0.6) is 0 Å². The lowest BCUT2D eigenvalue weighted by Gasteiger charge is -2.41. The van der Waals surface area contributed by atoms with Crippen LogP contribution in [-0.4, -0.2) is 10.4 Å². The molecule has 5 rings (SSSR count). The molecule has 3 heterocycles. The molecule has 0 spiro atoms.